The van der Waals surface area contributed by atoms with Gasteiger partial charge in [0.15, 0.2) is 0 Å². The molecule has 2 heterocycles. The topological polar surface area (TPSA) is 59.2 Å². The first kappa shape index (κ1) is 17.9. The highest BCUT2D eigenvalue weighted by Gasteiger charge is 2.37. The predicted octanol–water partition coefficient (Wildman–Crippen LogP) is 4.32. The standard InChI is InChI=1S/C19H23N3O2.ClH/c1-13-6-4-9-15(12-13)17-20-18(24-21-17)16-10-2-3-11-22(16)19(23)14-7-5-8-14;/h4,6,9,12,14,16H,2-3,5,7-8,10-11H2,1H3;1H. The Bertz CT molecular complexity index is 742. The van der Waals surface area contributed by atoms with E-state index in [1.54, 1.807) is 0 Å². The van der Waals surface area contributed by atoms with Gasteiger partial charge in [-0.1, -0.05) is 35.3 Å². The third kappa shape index (κ3) is 3.56. The lowest BCUT2D eigenvalue weighted by atomic mass is 9.83. The van der Waals surface area contributed by atoms with Crippen molar-refractivity contribution in [1.29, 1.82) is 0 Å². The molecule has 134 valence electrons. The average molecular weight is 362 g/mol. The molecular formula is C19H24ClN3O2. The number of aryl methyl sites for hydroxylation is 1. The molecule has 1 saturated carbocycles. The van der Waals surface area contributed by atoms with Crippen molar-refractivity contribution in [1.82, 2.24) is 15.0 Å². The summed E-state index contributed by atoms with van der Waals surface area (Å²) in [5.74, 6) is 1.68. The van der Waals surface area contributed by atoms with Gasteiger partial charge in [0.2, 0.25) is 17.6 Å². The number of hydrogen-bond acceptors (Lipinski definition) is 4. The van der Waals surface area contributed by atoms with Gasteiger partial charge in [0.05, 0.1) is 0 Å². The second-order valence-electron chi connectivity index (χ2n) is 7.00. The normalized spacial score (nSPS) is 20.7. The second-order valence-corrected chi connectivity index (χ2v) is 7.00. The number of rotatable bonds is 3. The van der Waals surface area contributed by atoms with E-state index >= 15 is 0 Å². The zero-order chi connectivity index (χ0) is 16.5. The number of amides is 1. The van der Waals surface area contributed by atoms with Crippen LogP contribution < -0.4 is 0 Å². The van der Waals surface area contributed by atoms with Crippen LogP contribution in [0, 0.1) is 12.8 Å². The van der Waals surface area contributed by atoms with Crippen molar-refractivity contribution in [2.75, 3.05) is 6.54 Å². The van der Waals surface area contributed by atoms with Crippen LogP contribution in [0.5, 0.6) is 0 Å². The molecule has 2 fully saturated rings. The number of carbonyl (C=O) groups is 1. The van der Waals surface area contributed by atoms with Crippen molar-refractivity contribution in [3.05, 3.63) is 35.7 Å². The number of piperidine rings is 1. The van der Waals surface area contributed by atoms with Crippen molar-refractivity contribution < 1.29 is 9.32 Å². The number of aromatic nitrogens is 2. The van der Waals surface area contributed by atoms with E-state index in [1.807, 2.05) is 36.1 Å². The van der Waals surface area contributed by atoms with Crippen molar-refractivity contribution >= 4 is 18.3 Å². The van der Waals surface area contributed by atoms with Gasteiger partial charge in [0, 0.05) is 18.0 Å². The molecule has 25 heavy (non-hydrogen) atoms. The van der Waals surface area contributed by atoms with Gasteiger partial charge >= 0.3 is 0 Å². The maximum atomic E-state index is 12.7. The Balaban J connectivity index is 0.00000182. The lowest BCUT2D eigenvalue weighted by Crippen LogP contribution is -2.43. The van der Waals surface area contributed by atoms with Gasteiger partial charge in [0.1, 0.15) is 6.04 Å². The highest BCUT2D eigenvalue weighted by molar-refractivity contribution is 5.85. The number of hydrogen-bond donors (Lipinski definition) is 0. The first-order chi connectivity index (χ1) is 11.7. The van der Waals surface area contributed by atoms with Crippen LogP contribution in [0.15, 0.2) is 28.8 Å². The highest BCUT2D eigenvalue weighted by Crippen LogP contribution is 2.36. The SMILES string of the molecule is Cc1cccc(-c2noc(C3CCCCN3C(=O)C3CCC3)n2)c1.Cl. The fraction of sp³-hybridized carbons (Fsp3) is 0.526. The summed E-state index contributed by atoms with van der Waals surface area (Å²) in [6.45, 7) is 2.85. The Labute approximate surface area is 154 Å². The summed E-state index contributed by atoms with van der Waals surface area (Å²) in [6.07, 6.45) is 6.30. The van der Waals surface area contributed by atoms with Gasteiger partial charge < -0.3 is 9.42 Å². The maximum absolute atomic E-state index is 12.7. The molecule has 1 aromatic carbocycles. The highest BCUT2D eigenvalue weighted by atomic mass is 35.5. The molecule has 4 rings (SSSR count). The second kappa shape index (κ2) is 7.56. The molecule has 0 spiro atoms. The Morgan fingerprint density at radius 2 is 2.04 bits per heavy atom. The molecule has 5 nitrogen and oxygen atoms in total. The van der Waals surface area contributed by atoms with Crippen LogP contribution in [0.4, 0.5) is 0 Å². The summed E-state index contributed by atoms with van der Waals surface area (Å²) in [4.78, 5) is 19.3. The first-order valence-electron chi connectivity index (χ1n) is 8.93. The average Bonchev–Trinajstić information content (AvgIpc) is 3.03. The first-order valence-corrected chi connectivity index (χ1v) is 8.93. The van der Waals surface area contributed by atoms with Gasteiger partial charge in [-0.25, -0.2) is 0 Å². The van der Waals surface area contributed by atoms with Crippen molar-refractivity contribution in [3.8, 4) is 11.4 Å². The Kier molecular flexibility index (Phi) is 5.42. The quantitative estimate of drug-likeness (QED) is 0.816. The lowest BCUT2D eigenvalue weighted by molar-refractivity contribution is -0.142. The van der Waals surface area contributed by atoms with E-state index < -0.39 is 0 Å². The number of halogens is 1. The summed E-state index contributed by atoms with van der Waals surface area (Å²) in [7, 11) is 0. The predicted molar refractivity (Wildman–Crippen MR) is 97.4 cm³/mol. The van der Waals surface area contributed by atoms with E-state index in [-0.39, 0.29) is 30.3 Å². The summed E-state index contributed by atoms with van der Waals surface area (Å²) in [5, 5.41) is 4.15. The molecule has 6 heteroatoms. The fourth-order valence-corrected chi connectivity index (χ4v) is 3.61. The lowest BCUT2D eigenvalue weighted by Gasteiger charge is -2.38. The maximum Gasteiger partial charge on any atom is 0.249 e. The van der Waals surface area contributed by atoms with Crippen molar-refractivity contribution in [3.63, 3.8) is 0 Å². The van der Waals surface area contributed by atoms with E-state index in [4.69, 9.17) is 4.52 Å². The van der Waals surface area contributed by atoms with Gasteiger partial charge in [-0.05, 0) is 45.1 Å². The van der Waals surface area contributed by atoms with Gasteiger partial charge in [-0.15, -0.1) is 12.4 Å². The zero-order valence-corrected chi connectivity index (χ0v) is 15.3. The van der Waals surface area contributed by atoms with Crippen LogP contribution in [0.1, 0.15) is 56.0 Å². The summed E-state index contributed by atoms with van der Waals surface area (Å²) in [6, 6.07) is 8.02. The molecule has 1 aliphatic heterocycles. The number of carbonyl (C=O) groups excluding carboxylic acids is 1. The van der Waals surface area contributed by atoms with Gasteiger partial charge in [-0.3, -0.25) is 4.79 Å². The number of likely N-dealkylation sites (tertiary alicyclic amines) is 1. The molecule has 1 unspecified atom stereocenters. The van der Waals surface area contributed by atoms with E-state index in [2.05, 4.69) is 10.1 Å². The Morgan fingerprint density at radius 1 is 1.20 bits per heavy atom. The molecule has 1 saturated heterocycles. The van der Waals surface area contributed by atoms with E-state index in [0.717, 1.165) is 44.2 Å². The number of benzene rings is 1. The van der Waals surface area contributed by atoms with Gasteiger partial charge in [0.25, 0.3) is 0 Å². The Morgan fingerprint density at radius 3 is 2.76 bits per heavy atom. The molecule has 1 amide bonds. The molecule has 2 aromatic rings. The zero-order valence-electron chi connectivity index (χ0n) is 14.5. The van der Waals surface area contributed by atoms with Crippen LogP contribution in [-0.2, 0) is 4.79 Å². The summed E-state index contributed by atoms with van der Waals surface area (Å²) < 4.78 is 5.56. The minimum Gasteiger partial charge on any atom is -0.337 e. The summed E-state index contributed by atoms with van der Waals surface area (Å²) >= 11 is 0. The molecule has 1 aliphatic carbocycles. The molecule has 0 radical (unpaired) electrons. The third-order valence-corrected chi connectivity index (χ3v) is 5.24. The molecule has 0 N–H and O–H groups in total. The van der Waals surface area contributed by atoms with E-state index in [9.17, 15) is 4.79 Å². The molecule has 1 aromatic heterocycles. The smallest absolute Gasteiger partial charge is 0.249 e. The van der Waals surface area contributed by atoms with Crippen LogP contribution >= 0.6 is 12.4 Å². The molecular weight excluding hydrogens is 338 g/mol. The van der Waals surface area contributed by atoms with Crippen molar-refractivity contribution in [2.24, 2.45) is 5.92 Å². The minimum absolute atomic E-state index is 0. The largest absolute Gasteiger partial charge is 0.337 e. The molecule has 1 atom stereocenters. The van der Waals surface area contributed by atoms with Gasteiger partial charge in [-0.2, -0.15) is 4.98 Å². The van der Waals surface area contributed by atoms with Crippen molar-refractivity contribution in [2.45, 2.75) is 51.5 Å². The third-order valence-electron chi connectivity index (χ3n) is 5.24. The number of nitrogens with zero attached hydrogens (tertiary/aromatic N) is 3. The van der Waals surface area contributed by atoms with Crippen LogP contribution in [0.3, 0.4) is 0 Å². The van der Waals surface area contributed by atoms with Crippen LogP contribution in [0.2, 0.25) is 0 Å². The fourth-order valence-electron chi connectivity index (χ4n) is 3.61. The Hall–Kier alpha value is -1.88. The monoisotopic (exact) mass is 361 g/mol. The molecule has 0 bridgehead atoms. The summed E-state index contributed by atoms with van der Waals surface area (Å²) in [5.41, 5.74) is 2.12. The van der Waals surface area contributed by atoms with Crippen LogP contribution in [0.25, 0.3) is 11.4 Å². The van der Waals surface area contributed by atoms with Crippen LogP contribution in [-0.4, -0.2) is 27.5 Å². The van der Waals surface area contributed by atoms with E-state index in [0.29, 0.717) is 11.7 Å². The molecule has 2 aliphatic rings. The van der Waals surface area contributed by atoms with E-state index in [1.165, 1.54) is 12.0 Å². The minimum atomic E-state index is -0.0575.